The molecule has 204 valence electrons. The molecule has 2 aliphatic heterocycles. The van der Waals surface area contributed by atoms with Gasteiger partial charge < -0.3 is 20.1 Å². The number of hydrogen-bond acceptors (Lipinski definition) is 4. The highest BCUT2D eigenvalue weighted by molar-refractivity contribution is 6.30. The third-order valence-corrected chi connectivity index (χ3v) is 8.36. The Morgan fingerprint density at radius 1 is 1.05 bits per heavy atom. The number of halogens is 1. The molecule has 5 nitrogen and oxygen atoms in total. The molecule has 3 aromatic rings. The molecule has 2 saturated heterocycles. The molecule has 0 unspecified atom stereocenters. The number of piperidine rings is 1. The van der Waals surface area contributed by atoms with Crippen LogP contribution in [0.1, 0.15) is 49.3 Å². The Balaban J connectivity index is 1.22. The van der Waals surface area contributed by atoms with Crippen LogP contribution in [0.3, 0.4) is 0 Å². The molecule has 2 aliphatic rings. The number of nitrogens with one attached hydrogen (secondary N) is 2. The second-order valence-corrected chi connectivity index (χ2v) is 11.1. The lowest BCUT2D eigenvalue weighted by molar-refractivity contribution is 0.128. The van der Waals surface area contributed by atoms with E-state index in [-0.39, 0.29) is 5.56 Å². The summed E-state index contributed by atoms with van der Waals surface area (Å²) in [7, 11) is 0. The lowest BCUT2D eigenvalue weighted by atomic mass is 9.96. The fraction of sp³-hybridized carbons (Fsp3) is 0.364. The largest absolute Gasteiger partial charge is 0.355 e. The zero-order valence-corrected chi connectivity index (χ0v) is 23.6. The van der Waals surface area contributed by atoms with Gasteiger partial charge in [-0.2, -0.15) is 0 Å². The number of rotatable bonds is 9. The Morgan fingerprint density at radius 2 is 1.74 bits per heavy atom. The van der Waals surface area contributed by atoms with E-state index in [1.807, 2.05) is 43.3 Å². The van der Waals surface area contributed by atoms with E-state index in [0.29, 0.717) is 16.3 Å². The maximum Gasteiger partial charge on any atom is 0.257 e. The van der Waals surface area contributed by atoms with Crippen molar-refractivity contribution in [3.63, 3.8) is 0 Å². The summed E-state index contributed by atoms with van der Waals surface area (Å²) in [4.78, 5) is 21.2. The Bertz CT molecular complexity index is 1350. The van der Waals surface area contributed by atoms with Gasteiger partial charge in [0.15, 0.2) is 0 Å². The highest BCUT2D eigenvalue weighted by atomic mass is 35.5. The lowest BCUT2D eigenvalue weighted by Gasteiger charge is -2.36. The summed E-state index contributed by atoms with van der Waals surface area (Å²) < 4.78 is 0. The smallest absolute Gasteiger partial charge is 0.257 e. The van der Waals surface area contributed by atoms with E-state index < -0.39 is 0 Å². The van der Waals surface area contributed by atoms with Gasteiger partial charge in [-0.1, -0.05) is 54.6 Å². The number of likely N-dealkylation sites (tertiary alicyclic amines) is 2. The zero-order chi connectivity index (χ0) is 27.2. The molecule has 0 aliphatic carbocycles. The van der Waals surface area contributed by atoms with Crippen LogP contribution in [0.5, 0.6) is 0 Å². The standard InChI is InChI=1S/C33H39ClN4O/c1-3-6-30-31(26-9-11-27(34)12-10-26)23-35-33(39)32(30)24(2)36-28-13-7-25(8-14-28)15-20-37-21-16-29(17-22-37)38-18-4-5-19-38/h3,6-14,23,29,36H,2,4-5,15-22H2,1H3,(H,35,39)/b6-3-. The minimum atomic E-state index is -0.177. The Labute approximate surface area is 237 Å². The predicted molar refractivity (Wildman–Crippen MR) is 165 cm³/mol. The number of aromatic amines is 1. The summed E-state index contributed by atoms with van der Waals surface area (Å²) in [5.41, 5.74) is 5.87. The van der Waals surface area contributed by atoms with E-state index in [9.17, 15) is 4.79 Å². The molecule has 2 fully saturated rings. The Morgan fingerprint density at radius 3 is 2.41 bits per heavy atom. The zero-order valence-electron chi connectivity index (χ0n) is 22.9. The van der Waals surface area contributed by atoms with Gasteiger partial charge in [-0.25, -0.2) is 0 Å². The van der Waals surface area contributed by atoms with Crippen LogP contribution in [-0.4, -0.2) is 53.5 Å². The molecular weight excluding hydrogens is 504 g/mol. The van der Waals surface area contributed by atoms with Crippen LogP contribution in [0.2, 0.25) is 5.02 Å². The fourth-order valence-electron chi connectivity index (χ4n) is 5.95. The number of hydrogen-bond donors (Lipinski definition) is 2. The molecule has 2 N–H and O–H groups in total. The molecule has 2 aromatic carbocycles. The Hall–Kier alpha value is -3.12. The average Bonchev–Trinajstić information content (AvgIpc) is 3.49. The van der Waals surface area contributed by atoms with Crippen molar-refractivity contribution >= 4 is 29.1 Å². The van der Waals surface area contributed by atoms with Crippen molar-refractivity contribution in [2.24, 2.45) is 0 Å². The van der Waals surface area contributed by atoms with Gasteiger partial charge in [0, 0.05) is 40.8 Å². The van der Waals surface area contributed by atoms with Crippen LogP contribution in [0.15, 0.2) is 72.2 Å². The van der Waals surface area contributed by atoms with Crippen molar-refractivity contribution in [2.45, 2.75) is 45.1 Å². The minimum Gasteiger partial charge on any atom is -0.355 e. The average molecular weight is 543 g/mol. The van der Waals surface area contributed by atoms with E-state index in [2.05, 4.69) is 50.9 Å². The van der Waals surface area contributed by atoms with Gasteiger partial charge in [0.25, 0.3) is 5.56 Å². The SMILES string of the molecule is C=C(Nc1ccc(CCN2CCC(N3CCCC3)CC2)cc1)c1c(/C=C\C)c(-c2ccc(Cl)cc2)c[nH]c1=O. The molecule has 39 heavy (non-hydrogen) atoms. The van der Waals surface area contributed by atoms with Crippen molar-refractivity contribution in [3.05, 3.63) is 99.4 Å². The van der Waals surface area contributed by atoms with Crippen LogP contribution in [0, 0.1) is 0 Å². The minimum absolute atomic E-state index is 0.177. The van der Waals surface area contributed by atoms with E-state index in [4.69, 9.17) is 11.6 Å². The van der Waals surface area contributed by atoms with Crippen LogP contribution < -0.4 is 10.9 Å². The molecule has 3 heterocycles. The lowest BCUT2D eigenvalue weighted by Crippen LogP contribution is -2.44. The van der Waals surface area contributed by atoms with Gasteiger partial charge in [0.2, 0.25) is 0 Å². The molecule has 6 heteroatoms. The van der Waals surface area contributed by atoms with Crippen molar-refractivity contribution in [3.8, 4) is 11.1 Å². The van der Waals surface area contributed by atoms with E-state index in [1.54, 1.807) is 6.20 Å². The first kappa shape index (κ1) is 27.4. The van der Waals surface area contributed by atoms with E-state index in [0.717, 1.165) is 41.4 Å². The second kappa shape index (κ2) is 12.8. The van der Waals surface area contributed by atoms with Crippen LogP contribution in [0.4, 0.5) is 5.69 Å². The summed E-state index contributed by atoms with van der Waals surface area (Å²) in [6.07, 6.45) is 12.1. The molecule has 0 saturated carbocycles. The molecule has 0 bridgehead atoms. The number of H-pyrrole nitrogens is 1. The number of benzene rings is 2. The van der Waals surface area contributed by atoms with Gasteiger partial charge in [-0.15, -0.1) is 0 Å². The number of allylic oxidation sites excluding steroid dienone is 1. The van der Waals surface area contributed by atoms with Gasteiger partial charge in [0.05, 0.1) is 5.56 Å². The molecule has 0 radical (unpaired) electrons. The van der Waals surface area contributed by atoms with Crippen molar-refractivity contribution in [2.75, 3.05) is 38.0 Å². The summed E-state index contributed by atoms with van der Waals surface area (Å²) in [5, 5.41) is 4.04. The highest BCUT2D eigenvalue weighted by Gasteiger charge is 2.26. The van der Waals surface area contributed by atoms with E-state index in [1.165, 1.54) is 57.4 Å². The first-order chi connectivity index (χ1) is 19.0. The predicted octanol–water partition coefficient (Wildman–Crippen LogP) is 6.91. The molecule has 5 rings (SSSR count). The fourth-order valence-corrected chi connectivity index (χ4v) is 6.07. The highest BCUT2D eigenvalue weighted by Crippen LogP contribution is 2.30. The van der Waals surface area contributed by atoms with Crippen LogP contribution in [-0.2, 0) is 6.42 Å². The third-order valence-electron chi connectivity index (χ3n) is 8.10. The number of aromatic nitrogens is 1. The van der Waals surface area contributed by atoms with Crippen LogP contribution >= 0.6 is 11.6 Å². The third kappa shape index (κ3) is 6.73. The molecule has 0 atom stereocenters. The number of nitrogens with zero attached hydrogens (tertiary/aromatic N) is 2. The summed E-state index contributed by atoms with van der Waals surface area (Å²) in [5.74, 6) is 0. The van der Waals surface area contributed by atoms with E-state index >= 15 is 0 Å². The quantitative estimate of drug-likeness (QED) is 0.308. The molecule has 0 spiro atoms. The first-order valence-electron chi connectivity index (χ1n) is 14.2. The maximum absolute atomic E-state index is 13.0. The van der Waals surface area contributed by atoms with Crippen molar-refractivity contribution in [1.29, 1.82) is 0 Å². The normalized spacial score (nSPS) is 17.2. The van der Waals surface area contributed by atoms with Gasteiger partial charge in [-0.05, 0) is 106 Å². The van der Waals surface area contributed by atoms with Crippen molar-refractivity contribution in [1.82, 2.24) is 14.8 Å². The monoisotopic (exact) mass is 542 g/mol. The van der Waals surface area contributed by atoms with Gasteiger partial charge in [-0.3, -0.25) is 4.79 Å². The molecular formula is C33H39ClN4O. The number of anilines is 1. The first-order valence-corrected chi connectivity index (χ1v) is 14.6. The van der Waals surface area contributed by atoms with Gasteiger partial charge >= 0.3 is 0 Å². The summed E-state index contributed by atoms with van der Waals surface area (Å²) in [6, 6.07) is 16.9. The maximum atomic E-state index is 13.0. The topological polar surface area (TPSA) is 51.4 Å². The van der Waals surface area contributed by atoms with Gasteiger partial charge in [0.1, 0.15) is 0 Å². The summed E-state index contributed by atoms with van der Waals surface area (Å²) in [6.45, 7) is 12.3. The summed E-state index contributed by atoms with van der Waals surface area (Å²) >= 11 is 6.10. The van der Waals surface area contributed by atoms with Crippen LogP contribution in [0.25, 0.3) is 22.9 Å². The Kier molecular flexibility index (Phi) is 9.02. The molecule has 1 aromatic heterocycles. The number of pyridine rings is 1. The van der Waals surface area contributed by atoms with Crippen molar-refractivity contribution < 1.29 is 0 Å². The molecule has 0 amide bonds. The second-order valence-electron chi connectivity index (χ2n) is 10.7.